The van der Waals surface area contributed by atoms with E-state index in [1.165, 1.54) is 11.3 Å². The van der Waals surface area contributed by atoms with E-state index in [9.17, 15) is 5.11 Å². The Balaban J connectivity index is 1.76. The Morgan fingerprint density at radius 1 is 1.28 bits per heavy atom. The molecule has 1 aliphatic rings. The Bertz CT molecular complexity index is 995. The minimum Gasteiger partial charge on any atom is -0.510 e. The number of amidine groups is 1. The molecule has 0 radical (unpaired) electrons. The molecule has 126 valence electrons. The highest BCUT2D eigenvalue weighted by Crippen LogP contribution is 2.39. The average Bonchev–Trinajstić information content (AvgIpc) is 3.15. The Kier molecular flexibility index (Phi) is 3.86. The van der Waals surface area contributed by atoms with Crippen LogP contribution in [0.15, 0.2) is 48.2 Å². The second kappa shape index (κ2) is 6.06. The van der Waals surface area contributed by atoms with Gasteiger partial charge in [-0.25, -0.2) is 4.98 Å². The van der Waals surface area contributed by atoms with Gasteiger partial charge in [0.1, 0.15) is 22.4 Å². The van der Waals surface area contributed by atoms with Gasteiger partial charge in [-0.1, -0.05) is 23.7 Å². The van der Waals surface area contributed by atoms with Crippen molar-refractivity contribution in [1.29, 1.82) is 5.41 Å². The zero-order chi connectivity index (χ0) is 17.6. The molecule has 25 heavy (non-hydrogen) atoms. The van der Waals surface area contributed by atoms with Gasteiger partial charge in [-0.2, -0.15) is 0 Å². The second-order valence-electron chi connectivity index (χ2n) is 5.56. The predicted molar refractivity (Wildman–Crippen MR) is 102 cm³/mol. The van der Waals surface area contributed by atoms with E-state index in [4.69, 9.17) is 21.7 Å². The SMILES string of the molecule is COc1ccc(Cl)cc1N1CC(O)=C(c2nc3ccccc3s2)C1=N. The summed E-state index contributed by atoms with van der Waals surface area (Å²) in [5.74, 6) is 0.885. The van der Waals surface area contributed by atoms with E-state index in [1.807, 2.05) is 24.3 Å². The zero-order valence-corrected chi connectivity index (χ0v) is 14.9. The summed E-state index contributed by atoms with van der Waals surface area (Å²) in [6.07, 6.45) is 0. The summed E-state index contributed by atoms with van der Waals surface area (Å²) in [6, 6.07) is 13.0. The van der Waals surface area contributed by atoms with Crippen molar-refractivity contribution in [2.75, 3.05) is 18.6 Å². The van der Waals surface area contributed by atoms with Crippen molar-refractivity contribution in [3.05, 3.63) is 58.3 Å². The van der Waals surface area contributed by atoms with E-state index in [0.717, 1.165) is 10.2 Å². The maximum Gasteiger partial charge on any atom is 0.142 e. The fourth-order valence-corrected chi connectivity index (χ4v) is 4.06. The van der Waals surface area contributed by atoms with Gasteiger partial charge in [-0.15, -0.1) is 11.3 Å². The molecular weight excluding hydrogens is 358 g/mol. The molecule has 0 amide bonds. The maximum atomic E-state index is 10.5. The number of anilines is 1. The zero-order valence-electron chi connectivity index (χ0n) is 13.3. The fraction of sp³-hybridized carbons (Fsp3) is 0.111. The van der Waals surface area contributed by atoms with Gasteiger partial charge in [0.2, 0.25) is 0 Å². The quantitative estimate of drug-likeness (QED) is 0.698. The van der Waals surface area contributed by atoms with Crippen LogP contribution < -0.4 is 9.64 Å². The highest BCUT2D eigenvalue weighted by atomic mass is 35.5. The Morgan fingerprint density at radius 3 is 2.84 bits per heavy atom. The van der Waals surface area contributed by atoms with Crippen LogP contribution >= 0.6 is 22.9 Å². The van der Waals surface area contributed by atoms with Crippen LogP contribution in [0.4, 0.5) is 5.69 Å². The number of thiazole rings is 1. The van der Waals surface area contributed by atoms with Crippen molar-refractivity contribution in [3.63, 3.8) is 0 Å². The van der Waals surface area contributed by atoms with E-state index >= 15 is 0 Å². The number of aliphatic hydroxyl groups is 1. The van der Waals surface area contributed by atoms with E-state index in [2.05, 4.69) is 4.98 Å². The summed E-state index contributed by atoms with van der Waals surface area (Å²) >= 11 is 7.56. The lowest BCUT2D eigenvalue weighted by atomic mass is 10.2. The molecule has 0 spiro atoms. The first kappa shape index (κ1) is 15.9. The largest absolute Gasteiger partial charge is 0.510 e. The number of ether oxygens (including phenoxy) is 1. The van der Waals surface area contributed by atoms with Gasteiger partial charge in [0, 0.05) is 5.02 Å². The molecule has 5 nitrogen and oxygen atoms in total. The molecule has 7 heteroatoms. The number of halogens is 1. The lowest BCUT2D eigenvalue weighted by Gasteiger charge is -2.21. The van der Waals surface area contributed by atoms with Crippen molar-refractivity contribution in [2.45, 2.75) is 0 Å². The fourth-order valence-electron chi connectivity index (χ4n) is 2.86. The summed E-state index contributed by atoms with van der Waals surface area (Å²) < 4.78 is 6.39. The molecule has 0 atom stereocenters. The van der Waals surface area contributed by atoms with E-state index in [-0.39, 0.29) is 18.1 Å². The van der Waals surface area contributed by atoms with Crippen LogP contribution in [-0.2, 0) is 0 Å². The second-order valence-corrected chi connectivity index (χ2v) is 7.03. The number of nitrogens with zero attached hydrogens (tertiary/aromatic N) is 2. The van der Waals surface area contributed by atoms with E-state index in [1.54, 1.807) is 30.2 Å². The lowest BCUT2D eigenvalue weighted by molar-refractivity contribution is 0.407. The monoisotopic (exact) mass is 371 g/mol. The summed E-state index contributed by atoms with van der Waals surface area (Å²) in [4.78, 5) is 6.23. The number of aliphatic hydroxyl groups excluding tert-OH is 1. The first-order valence-corrected chi connectivity index (χ1v) is 8.76. The van der Waals surface area contributed by atoms with Crippen LogP contribution in [0.2, 0.25) is 5.02 Å². The third-order valence-electron chi connectivity index (χ3n) is 4.04. The van der Waals surface area contributed by atoms with Crippen LogP contribution in [-0.4, -0.2) is 29.6 Å². The first-order chi connectivity index (χ1) is 12.1. The molecule has 2 aromatic carbocycles. The van der Waals surface area contributed by atoms with Gasteiger partial charge in [-0.05, 0) is 30.3 Å². The number of benzene rings is 2. The first-order valence-electron chi connectivity index (χ1n) is 7.56. The summed E-state index contributed by atoms with van der Waals surface area (Å²) in [5, 5.41) is 20.2. The number of rotatable bonds is 3. The standard InChI is InChI=1S/C18H14ClN3O2S/c1-24-14-7-6-10(19)8-12(14)22-9-13(23)16(17(22)20)18-21-11-4-2-3-5-15(11)25-18/h2-8,20,23H,9H2,1H3. The van der Waals surface area contributed by atoms with Crippen LogP contribution in [0.25, 0.3) is 15.8 Å². The molecule has 1 aliphatic heterocycles. The molecule has 3 aromatic rings. The van der Waals surface area contributed by atoms with Crippen molar-refractivity contribution in [2.24, 2.45) is 0 Å². The van der Waals surface area contributed by atoms with Gasteiger partial charge in [0.25, 0.3) is 0 Å². The average molecular weight is 372 g/mol. The number of nitrogens with one attached hydrogen (secondary N) is 1. The highest BCUT2D eigenvalue weighted by Gasteiger charge is 2.32. The highest BCUT2D eigenvalue weighted by molar-refractivity contribution is 7.19. The topological polar surface area (TPSA) is 69.4 Å². The molecule has 0 saturated carbocycles. The number of aromatic nitrogens is 1. The number of para-hydroxylation sites is 1. The molecule has 4 rings (SSSR count). The molecule has 0 fully saturated rings. The summed E-state index contributed by atoms with van der Waals surface area (Å²) in [6.45, 7) is 0.181. The minimum absolute atomic E-state index is 0.117. The van der Waals surface area contributed by atoms with Gasteiger partial charge < -0.3 is 14.7 Å². The summed E-state index contributed by atoms with van der Waals surface area (Å²) in [7, 11) is 1.56. The third kappa shape index (κ3) is 2.63. The molecule has 2 N–H and O–H groups in total. The van der Waals surface area contributed by atoms with Gasteiger partial charge in [-0.3, -0.25) is 5.41 Å². The van der Waals surface area contributed by atoms with Crippen molar-refractivity contribution in [3.8, 4) is 5.75 Å². The maximum absolute atomic E-state index is 10.5. The summed E-state index contributed by atoms with van der Waals surface area (Å²) in [5.41, 5.74) is 1.94. The van der Waals surface area contributed by atoms with Crippen LogP contribution in [0.3, 0.4) is 0 Å². The minimum atomic E-state index is 0.117. The van der Waals surface area contributed by atoms with Gasteiger partial charge in [0.15, 0.2) is 0 Å². The Labute approximate surface area is 153 Å². The van der Waals surface area contributed by atoms with Crippen LogP contribution in [0.5, 0.6) is 5.75 Å². The van der Waals surface area contributed by atoms with Crippen molar-refractivity contribution >= 4 is 50.3 Å². The number of fused-ring (bicyclic) bond motifs is 1. The van der Waals surface area contributed by atoms with Gasteiger partial charge >= 0.3 is 0 Å². The molecule has 2 heterocycles. The molecule has 0 saturated heterocycles. The molecule has 1 aromatic heterocycles. The molecule has 0 bridgehead atoms. The number of hydrogen-bond acceptors (Lipinski definition) is 5. The Morgan fingerprint density at radius 2 is 2.08 bits per heavy atom. The van der Waals surface area contributed by atoms with E-state index in [0.29, 0.717) is 27.0 Å². The van der Waals surface area contributed by atoms with Crippen LogP contribution in [0.1, 0.15) is 5.01 Å². The smallest absolute Gasteiger partial charge is 0.142 e. The van der Waals surface area contributed by atoms with E-state index < -0.39 is 0 Å². The normalized spacial score (nSPS) is 14.6. The predicted octanol–water partition coefficient (Wildman–Crippen LogP) is 4.72. The van der Waals surface area contributed by atoms with Crippen LogP contribution in [0, 0.1) is 5.41 Å². The lowest BCUT2D eigenvalue weighted by Crippen LogP contribution is -2.26. The molecule has 0 aliphatic carbocycles. The van der Waals surface area contributed by atoms with Gasteiger partial charge in [0.05, 0.1) is 35.1 Å². The molecule has 0 unspecified atom stereocenters. The molecular formula is C18H14ClN3O2S. The van der Waals surface area contributed by atoms with Crippen molar-refractivity contribution in [1.82, 2.24) is 4.98 Å². The number of methoxy groups -OCH3 is 1. The third-order valence-corrected chi connectivity index (χ3v) is 5.33. The number of hydrogen-bond donors (Lipinski definition) is 2. The van der Waals surface area contributed by atoms with Crippen molar-refractivity contribution < 1.29 is 9.84 Å². The Hall–Kier alpha value is -2.57.